The van der Waals surface area contributed by atoms with Gasteiger partial charge in [-0.25, -0.2) is 9.97 Å². The maximum Gasteiger partial charge on any atom is 0.177 e. The van der Waals surface area contributed by atoms with E-state index < -0.39 is 5.60 Å². The molecule has 2 N–H and O–H groups in total. The number of aromatic nitrogens is 5. The number of aromatic amines is 1. The monoisotopic (exact) mass is 457 g/mol. The van der Waals surface area contributed by atoms with E-state index in [0.29, 0.717) is 24.8 Å². The smallest absolute Gasteiger partial charge is 0.177 e. The molecule has 6 rings (SSSR count). The number of H-pyrrole nitrogens is 1. The van der Waals surface area contributed by atoms with Crippen LogP contribution >= 0.6 is 22.9 Å². The van der Waals surface area contributed by atoms with Crippen LogP contribution in [0.5, 0.6) is 0 Å². The van der Waals surface area contributed by atoms with E-state index in [9.17, 15) is 5.11 Å². The summed E-state index contributed by atoms with van der Waals surface area (Å²) in [5.74, 6) is 0. The number of fused-ring (bicyclic) bond motifs is 1. The lowest BCUT2D eigenvalue weighted by molar-refractivity contribution is -0.0545. The van der Waals surface area contributed by atoms with E-state index in [1.165, 1.54) is 11.3 Å². The lowest BCUT2D eigenvalue weighted by Gasteiger charge is -2.34. The van der Waals surface area contributed by atoms with E-state index in [1.807, 2.05) is 16.9 Å². The third-order valence-corrected chi connectivity index (χ3v) is 7.41. The molecule has 0 unspecified atom stereocenters. The second-order valence-corrected chi connectivity index (χ2v) is 9.40. The van der Waals surface area contributed by atoms with Crippen molar-refractivity contribution < 1.29 is 14.6 Å². The van der Waals surface area contributed by atoms with Gasteiger partial charge in [-0.05, 0) is 25.3 Å². The molecule has 160 valence electrons. The molecule has 1 aliphatic heterocycles. The van der Waals surface area contributed by atoms with Crippen molar-refractivity contribution >= 4 is 34.0 Å². The molecular weight excluding hydrogens is 438 g/mol. The molecule has 0 aromatic carbocycles. The maximum absolute atomic E-state index is 10.7. The fourth-order valence-electron chi connectivity index (χ4n) is 4.05. The Bertz CT molecular complexity index is 1260. The molecule has 0 amide bonds. The highest BCUT2D eigenvalue weighted by Gasteiger charge is 2.39. The van der Waals surface area contributed by atoms with E-state index >= 15 is 0 Å². The third kappa shape index (κ3) is 3.37. The summed E-state index contributed by atoms with van der Waals surface area (Å²) in [6.45, 7) is 1.78. The van der Waals surface area contributed by atoms with E-state index in [0.717, 1.165) is 57.0 Å². The number of rotatable bonds is 5. The minimum atomic E-state index is -0.786. The molecule has 5 heterocycles. The fourth-order valence-corrected chi connectivity index (χ4v) is 5.50. The Labute approximate surface area is 186 Å². The first-order valence-corrected chi connectivity index (χ1v) is 11.4. The average molecular weight is 458 g/mol. The van der Waals surface area contributed by atoms with Gasteiger partial charge in [-0.3, -0.25) is 4.68 Å². The van der Waals surface area contributed by atoms with Gasteiger partial charge >= 0.3 is 0 Å². The Kier molecular flexibility index (Phi) is 4.62. The van der Waals surface area contributed by atoms with Gasteiger partial charge in [0, 0.05) is 35.1 Å². The quantitative estimate of drug-likeness (QED) is 0.471. The van der Waals surface area contributed by atoms with E-state index in [1.54, 1.807) is 18.6 Å². The largest absolute Gasteiger partial charge is 0.383 e. The summed E-state index contributed by atoms with van der Waals surface area (Å²) in [4.78, 5) is 13.2. The zero-order chi connectivity index (χ0) is 21.0. The summed E-state index contributed by atoms with van der Waals surface area (Å²) in [5.41, 5.74) is 2.66. The number of ether oxygens (including phenoxy) is 2. The summed E-state index contributed by atoms with van der Waals surface area (Å²) in [7, 11) is 0. The molecule has 0 spiro atoms. The summed E-state index contributed by atoms with van der Waals surface area (Å²) in [5, 5.41) is 17.3. The van der Waals surface area contributed by atoms with Crippen LogP contribution < -0.4 is 0 Å². The molecule has 8 nitrogen and oxygen atoms in total. The highest BCUT2D eigenvalue weighted by atomic mass is 35.5. The van der Waals surface area contributed by atoms with Crippen LogP contribution in [0.15, 0.2) is 30.9 Å². The van der Waals surface area contributed by atoms with Crippen molar-refractivity contribution in [3.63, 3.8) is 0 Å². The van der Waals surface area contributed by atoms with Gasteiger partial charge in [0.25, 0.3) is 0 Å². The second-order valence-electron chi connectivity index (χ2n) is 7.96. The van der Waals surface area contributed by atoms with Crippen molar-refractivity contribution in [2.75, 3.05) is 13.2 Å². The number of hydrogen-bond donors (Lipinski definition) is 2. The first-order valence-electron chi connectivity index (χ1n) is 10.2. The highest BCUT2D eigenvalue weighted by molar-refractivity contribution is 7.15. The van der Waals surface area contributed by atoms with Crippen molar-refractivity contribution in [1.29, 1.82) is 0 Å². The number of nitrogens with zero attached hydrogens (tertiary/aromatic N) is 4. The van der Waals surface area contributed by atoms with Crippen LogP contribution in [0.1, 0.15) is 24.3 Å². The Morgan fingerprint density at radius 1 is 1.23 bits per heavy atom. The Morgan fingerprint density at radius 3 is 2.84 bits per heavy atom. The summed E-state index contributed by atoms with van der Waals surface area (Å²) >= 11 is 8.05. The van der Waals surface area contributed by atoms with Crippen LogP contribution in [0.2, 0.25) is 5.02 Å². The molecule has 0 atom stereocenters. The second kappa shape index (κ2) is 7.39. The maximum atomic E-state index is 10.7. The van der Waals surface area contributed by atoms with Gasteiger partial charge in [-0.15, -0.1) is 11.3 Å². The summed E-state index contributed by atoms with van der Waals surface area (Å²) in [6.07, 6.45) is 9.49. The molecule has 2 fully saturated rings. The summed E-state index contributed by atoms with van der Waals surface area (Å²) in [6, 6.07) is 2.03. The van der Waals surface area contributed by atoms with E-state index in [-0.39, 0.29) is 6.29 Å². The molecule has 1 saturated heterocycles. The molecule has 10 heteroatoms. The first-order chi connectivity index (χ1) is 15.1. The van der Waals surface area contributed by atoms with E-state index in [2.05, 4.69) is 20.1 Å². The number of halogens is 1. The van der Waals surface area contributed by atoms with Crippen LogP contribution in [0.4, 0.5) is 0 Å². The van der Waals surface area contributed by atoms with Crippen molar-refractivity contribution in [1.82, 2.24) is 24.7 Å². The predicted molar refractivity (Wildman–Crippen MR) is 117 cm³/mol. The fraction of sp³-hybridized carbons (Fsp3) is 0.381. The molecule has 0 radical (unpaired) electrons. The molecular formula is C21H20ClN5O3S. The molecule has 0 bridgehead atoms. The van der Waals surface area contributed by atoms with Gasteiger partial charge in [0.2, 0.25) is 0 Å². The standard InChI is InChI=1S/C21H20ClN5O3S/c22-14-8-23-19-13(18(14)16-9-24-20(31-16)21(28)2-1-3-21)6-15(26-19)12-7-25-27(10-12)11-17-29-4-5-30-17/h6-10,17,28H,1-5,11H2,(H,23,26). The summed E-state index contributed by atoms with van der Waals surface area (Å²) < 4.78 is 12.8. The number of pyridine rings is 1. The molecule has 1 aliphatic carbocycles. The minimum Gasteiger partial charge on any atom is -0.383 e. The lowest BCUT2D eigenvalue weighted by Crippen LogP contribution is -2.33. The Hall–Kier alpha value is -2.30. The number of hydrogen-bond acceptors (Lipinski definition) is 7. The van der Waals surface area contributed by atoms with Crippen LogP contribution in [-0.2, 0) is 21.6 Å². The van der Waals surface area contributed by atoms with Gasteiger partial charge in [0.05, 0.1) is 41.5 Å². The third-order valence-electron chi connectivity index (χ3n) is 5.91. The molecule has 4 aromatic rings. The lowest BCUT2D eigenvalue weighted by atomic mass is 9.81. The van der Waals surface area contributed by atoms with Gasteiger partial charge in [0.1, 0.15) is 16.3 Å². The van der Waals surface area contributed by atoms with Crippen molar-refractivity contribution in [3.8, 4) is 21.7 Å². The predicted octanol–water partition coefficient (Wildman–Crippen LogP) is 3.95. The van der Waals surface area contributed by atoms with Crippen LogP contribution in [0.3, 0.4) is 0 Å². The first kappa shape index (κ1) is 19.4. The SMILES string of the molecule is OC1(c2ncc(-c3c(Cl)cnc4[nH]c(-c5cnn(CC6OCCO6)c5)cc34)s2)CCC1. The van der Waals surface area contributed by atoms with Gasteiger partial charge in [-0.1, -0.05) is 11.6 Å². The average Bonchev–Trinajstić information content (AvgIpc) is 3.52. The zero-order valence-electron chi connectivity index (χ0n) is 16.5. The highest BCUT2D eigenvalue weighted by Crippen LogP contribution is 2.46. The van der Waals surface area contributed by atoms with E-state index in [4.69, 9.17) is 21.1 Å². The number of aliphatic hydroxyl groups is 1. The van der Waals surface area contributed by atoms with Crippen molar-refractivity contribution in [3.05, 3.63) is 40.9 Å². The molecule has 31 heavy (non-hydrogen) atoms. The topological polar surface area (TPSA) is 98.1 Å². The van der Waals surface area contributed by atoms with Crippen LogP contribution in [-0.4, -0.2) is 49.3 Å². The van der Waals surface area contributed by atoms with Gasteiger partial charge in [0.15, 0.2) is 6.29 Å². The van der Waals surface area contributed by atoms with Gasteiger partial charge in [-0.2, -0.15) is 5.10 Å². The van der Waals surface area contributed by atoms with Crippen LogP contribution in [0.25, 0.3) is 32.7 Å². The Morgan fingerprint density at radius 2 is 2.06 bits per heavy atom. The zero-order valence-corrected chi connectivity index (χ0v) is 18.1. The molecule has 4 aromatic heterocycles. The minimum absolute atomic E-state index is 0.256. The van der Waals surface area contributed by atoms with Crippen molar-refractivity contribution in [2.24, 2.45) is 0 Å². The molecule has 2 aliphatic rings. The van der Waals surface area contributed by atoms with Crippen molar-refractivity contribution in [2.45, 2.75) is 37.7 Å². The molecule has 1 saturated carbocycles. The number of nitrogens with one attached hydrogen (secondary N) is 1. The normalized spacial score (nSPS) is 18.6. The van der Waals surface area contributed by atoms with Gasteiger partial charge < -0.3 is 19.6 Å². The number of thiazole rings is 1. The van der Waals surface area contributed by atoms with Crippen LogP contribution in [0, 0.1) is 0 Å². The Balaban J connectivity index is 1.35.